The van der Waals surface area contributed by atoms with Crippen LogP contribution in [0.15, 0.2) is 46.9 Å². The van der Waals surface area contributed by atoms with Crippen molar-refractivity contribution in [3.8, 4) is 5.75 Å². The molecule has 3 heterocycles. The van der Waals surface area contributed by atoms with Crippen LogP contribution < -0.4 is 4.74 Å². The summed E-state index contributed by atoms with van der Waals surface area (Å²) in [5.74, 6) is 0.312. The topological polar surface area (TPSA) is 74.7 Å². The second-order valence-corrected chi connectivity index (χ2v) is 10.0. The van der Waals surface area contributed by atoms with E-state index in [1.54, 1.807) is 28.4 Å². The Labute approximate surface area is 211 Å². The zero-order chi connectivity index (χ0) is 24.8. The number of carbonyl (C=O) groups excluding carboxylic acids is 2. The third-order valence-electron chi connectivity index (χ3n) is 6.39. The zero-order valence-electron chi connectivity index (χ0n) is 20.7. The molecule has 1 fully saturated rings. The molecule has 0 saturated carbocycles. The maximum Gasteiger partial charge on any atom is 0.262 e. The molecular formula is C26H34N4O4S. The van der Waals surface area contributed by atoms with E-state index in [-0.39, 0.29) is 30.3 Å². The number of rotatable bonds is 9. The van der Waals surface area contributed by atoms with Gasteiger partial charge in [0.2, 0.25) is 5.91 Å². The van der Waals surface area contributed by atoms with Crippen molar-refractivity contribution in [2.24, 2.45) is 11.0 Å². The molecule has 0 N–H and O–H groups in total. The summed E-state index contributed by atoms with van der Waals surface area (Å²) in [4.78, 5) is 31.7. The van der Waals surface area contributed by atoms with Gasteiger partial charge in [-0.05, 0) is 17.5 Å². The molecule has 0 spiro atoms. The third kappa shape index (κ3) is 6.09. The van der Waals surface area contributed by atoms with Crippen molar-refractivity contribution in [2.45, 2.75) is 26.3 Å². The van der Waals surface area contributed by atoms with Gasteiger partial charge >= 0.3 is 0 Å². The summed E-state index contributed by atoms with van der Waals surface area (Å²) in [7, 11) is 1.63. The Morgan fingerprint density at radius 1 is 1.20 bits per heavy atom. The Morgan fingerprint density at radius 3 is 2.66 bits per heavy atom. The highest BCUT2D eigenvalue weighted by atomic mass is 32.1. The number of hydrazone groups is 1. The Hall–Kier alpha value is -2.75. The van der Waals surface area contributed by atoms with Crippen molar-refractivity contribution in [1.82, 2.24) is 14.8 Å². The first-order chi connectivity index (χ1) is 17.0. The minimum atomic E-state index is -0.286. The van der Waals surface area contributed by atoms with Crippen LogP contribution in [0.2, 0.25) is 0 Å². The van der Waals surface area contributed by atoms with Crippen LogP contribution in [0.3, 0.4) is 0 Å². The number of para-hydroxylation sites is 1. The average Bonchev–Trinajstić information content (AvgIpc) is 3.57. The Balaban J connectivity index is 1.56. The van der Waals surface area contributed by atoms with Crippen LogP contribution in [0.4, 0.5) is 0 Å². The van der Waals surface area contributed by atoms with Gasteiger partial charge in [0.25, 0.3) is 5.91 Å². The van der Waals surface area contributed by atoms with E-state index in [2.05, 4.69) is 4.90 Å². The van der Waals surface area contributed by atoms with E-state index < -0.39 is 0 Å². The van der Waals surface area contributed by atoms with Crippen LogP contribution in [0.5, 0.6) is 5.75 Å². The fraction of sp³-hybridized carbons (Fsp3) is 0.500. The monoisotopic (exact) mass is 498 g/mol. The smallest absolute Gasteiger partial charge is 0.262 e. The van der Waals surface area contributed by atoms with Gasteiger partial charge in [0.1, 0.15) is 12.3 Å². The molecule has 2 aromatic rings. The van der Waals surface area contributed by atoms with Crippen LogP contribution in [-0.4, -0.2) is 85.4 Å². The van der Waals surface area contributed by atoms with Gasteiger partial charge in [-0.2, -0.15) is 5.10 Å². The molecule has 0 radical (unpaired) electrons. The van der Waals surface area contributed by atoms with Crippen molar-refractivity contribution in [3.05, 3.63) is 52.2 Å². The minimum Gasteiger partial charge on any atom is -0.496 e. The molecule has 0 unspecified atom stereocenters. The molecular weight excluding hydrogens is 464 g/mol. The number of ether oxygens (including phenoxy) is 2. The molecule has 2 aliphatic rings. The lowest BCUT2D eigenvalue weighted by Gasteiger charge is -2.32. The first kappa shape index (κ1) is 25.3. The standard InChI is InChI=1S/C26H34N4O4S/c1-19(2)26(32)29(11-10-28-12-14-34-15-13-28)18-25(31)30-22(20-7-4-5-8-23(20)33-3)17-21(27-30)24-9-6-16-35-24/h4-9,16,19,22H,10-15,17-18H2,1-3H3/t22-/m0/s1. The molecule has 35 heavy (non-hydrogen) atoms. The maximum atomic E-state index is 13.7. The quantitative estimate of drug-likeness (QED) is 0.531. The van der Waals surface area contributed by atoms with Crippen LogP contribution in [0, 0.1) is 5.92 Å². The minimum absolute atomic E-state index is 0.00573. The van der Waals surface area contributed by atoms with Crippen molar-refractivity contribution in [2.75, 3.05) is 53.0 Å². The highest BCUT2D eigenvalue weighted by Gasteiger charge is 2.36. The lowest BCUT2D eigenvalue weighted by Crippen LogP contribution is -2.47. The summed E-state index contributed by atoms with van der Waals surface area (Å²) in [5.41, 5.74) is 1.79. The van der Waals surface area contributed by atoms with Gasteiger partial charge in [-0.15, -0.1) is 11.3 Å². The van der Waals surface area contributed by atoms with Crippen molar-refractivity contribution >= 4 is 28.9 Å². The first-order valence-corrected chi connectivity index (χ1v) is 13.0. The molecule has 8 nitrogen and oxygen atoms in total. The van der Waals surface area contributed by atoms with E-state index in [9.17, 15) is 9.59 Å². The summed E-state index contributed by atoms with van der Waals surface area (Å²) in [6.45, 7) is 8.03. The van der Waals surface area contributed by atoms with Crippen LogP contribution in [-0.2, 0) is 14.3 Å². The number of carbonyl (C=O) groups is 2. The van der Waals surface area contributed by atoms with Gasteiger partial charge in [0.05, 0.1) is 37.0 Å². The van der Waals surface area contributed by atoms with Gasteiger partial charge in [-0.1, -0.05) is 38.1 Å². The van der Waals surface area contributed by atoms with E-state index >= 15 is 0 Å². The Kier molecular flexibility index (Phi) is 8.54. The molecule has 2 amide bonds. The first-order valence-electron chi connectivity index (χ1n) is 12.1. The molecule has 2 aliphatic heterocycles. The predicted molar refractivity (Wildman–Crippen MR) is 137 cm³/mol. The largest absolute Gasteiger partial charge is 0.496 e. The lowest BCUT2D eigenvalue weighted by molar-refractivity contribution is -0.143. The molecule has 4 rings (SSSR count). The molecule has 1 saturated heterocycles. The summed E-state index contributed by atoms with van der Waals surface area (Å²) in [6, 6.07) is 11.5. The van der Waals surface area contributed by atoms with E-state index in [4.69, 9.17) is 14.6 Å². The number of hydrogen-bond acceptors (Lipinski definition) is 7. The average molecular weight is 499 g/mol. The SMILES string of the molecule is COc1ccccc1[C@@H]1CC(c2cccs2)=NN1C(=O)CN(CCN1CCOCC1)C(=O)C(C)C. The summed E-state index contributed by atoms with van der Waals surface area (Å²) >= 11 is 1.61. The van der Waals surface area contributed by atoms with Gasteiger partial charge in [0.15, 0.2) is 0 Å². The predicted octanol–water partition coefficient (Wildman–Crippen LogP) is 3.25. The van der Waals surface area contributed by atoms with E-state index in [1.807, 2.05) is 55.6 Å². The second kappa shape index (κ2) is 11.8. The summed E-state index contributed by atoms with van der Waals surface area (Å²) in [6.07, 6.45) is 0.596. The molecule has 9 heteroatoms. The van der Waals surface area contributed by atoms with E-state index in [1.165, 1.54) is 0 Å². The number of benzene rings is 1. The van der Waals surface area contributed by atoms with Crippen LogP contribution in [0.25, 0.3) is 0 Å². The van der Waals surface area contributed by atoms with Gasteiger partial charge in [-0.3, -0.25) is 14.5 Å². The molecule has 0 bridgehead atoms. The number of morpholine rings is 1. The van der Waals surface area contributed by atoms with Gasteiger partial charge < -0.3 is 14.4 Å². The highest BCUT2D eigenvalue weighted by Crippen LogP contribution is 2.38. The van der Waals surface area contributed by atoms with Crippen molar-refractivity contribution in [3.63, 3.8) is 0 Å². The molecule has 1 atom stereocenters. The normalized spacial score (nSPS) is 18.6. The number of thiophene rings is 1. The number of methoxy groups -OCH3 is 1. The highest BCUT2D eigenvalue weighted by molar-refractivity contribution is 7.12. The number of amides is 2. The summed E-state index contributed by atoms with van der Waals surface area (Å²) in [5, 5.41) is 8.33. The van der Waals surface area contributed by atoms with Crippen molar-refractivity contribution < 1.29 is 19.1 Å². The summed E-state index contributed by atoms with van der Waals surface area (Å²) < 4.78 is 11.0. The van der Waals surface area contributed by atoms with E-state index in [0.29, 0.717) is 26.2 Å². The van der Waals surface area contributed by atoms with Crippen molar-refractivity contribution in [1.29, 1.82) is 0 Å². The van der Waals surface area contributed by atoms with Gasteiger partial charge in [-0.25, -0.2) is 5.01 Å². The van der Waals surface area contributed by atoms with Crippen LogP contribution >= 0.6 is 11.3 Å². The molecule has 1 aromatic heterocycles. The Bertz CT molecular complexity index is 1030. The number of hydrogen-bond donors (Lipinski definition) is 0. The maximum absolute atomic E-state index is 13.7. The molecule has 1 aromatic carbocycles. The van der Waals surface area contributed by atoms with E-state index in [0.717, 1.165) is 41.5 Å². The Morgan fingerprint density at radius 2 is 1.97 bits per heavy atom. The van der Waals surface area contributed by atoms with Crippen LogP contribution in [0.1, 0.15) is 36.8 Å². The molecule has 188 valence electrons. The lowest BCUT2D eigenvalue weighted by atomic mass is 10.00. The molecule has 0 aliphatic carbocycles. The van der Waals surface area contributed by atoms with Gasteiger partial charge in [0, 0.05) is 44.1 Å². The zero-order valence-corrected chi connectivity index (χ0v) is 21.5. The fourth-order valence-electron chi connectivity index (χ4n) is 4.47. The fourth-order valence-corrected chi connectivity index (χ4v) is 5.19. The number of nitrogens with zero attached hydrogens (tertiary/aromatic N) is 4. The second-order valence-electron chi connectivity index (χ2n) is 9.09. The third-order valence-corrected chi connectivity index (χ3v) is 7.31.